The van der Waals surface area contributed by atoms with Crippen molar-refractivity contribution >= 4 is 0 Å². The van der Waals surface area contributed by atoms with Crippen LogP contribution in [0.25, 0.3) is 0 Å². The predicted molar refractivity (Wildman–Crippen MR) is 43.4 cm³/mol. The average Bonchev–Trinajstić information content (AvgIpc) is 1.80. The Kier molecular flexibility index (Phi) is 3.91. The summed E-state index contributed by atoms with van der Waals surface area (Å²) in [5, 5.41) is 0. The molecule has 0 aromatic carbocycles. The Hall–Kier alpha value is -0.0800. The first kappa shape index (κ1) is 9.92. The molecular formula is C8H18NO. The van der Waals surface area contributed by atoms with E-state index >= 15 is 0 Å². The molecule has 0 bridgehead atoms. The monoisotopic (exact) mass is 144 g/mol. The highest BCUT2D eigenvalue weighted by atomic mass is 16.7. The molecule has 0 spiro atoms. The largest absolute Gasteiger partial charge is 0.298 e. The van der Waals surface area contributed by atoms with Crippen molar-refractivity contribution in [3.8, 4) is 0 Å². The third-order valence-electron chi connectivity index (χ3n) is 1.58. The molecule has 0 saturated heterocycles. The molecular weight excluding hydrogens is 126 g/mol. The van der Waals surface area contributed by atoms with Crippen LogP contribution in [-0.4, -0.2) is 12.6 Å². The van der Waals surface area contributed by atoms with Gasteiger partial charge in [0.1, 0.15) is 0 Å². The zero-order valence-electron chi connectivity index (χ0n) is 7.40. The number of hydrogen-bond donors (Lipinski definition) is 1. The van der Waals surface area contributed by atoms with E-state index < -0.39 is 0 Å². The second-order valence-corrected chi connectivity index (χ2v) is 3.52. The molecule has 61 valence electrons. The number of hydrogen-bond acceptors (Lipinski definition) is 2. The van der Waals surface area contributed by atoms with Crippen molar-refractivity contribution < 1.29 is 4.84 Å². The maximum Gasteiger partial charge on any atom is 0.0810 e. The summed E-state index contributed by atoms with van der Waals surface area (Å²) in [5.41, 5.74) is 2.94. The first-order valence-electron chi connectivity index (χ1n) is 3.66. The quantitative estimate of drug-likeness (QED) is 0.610. The molecule has 2 heteroatoms. The van der Waals surface area contributed by atoms with E-state index in [1.807, 2.05) is 6.92 Å². The van der Waals surface area contributed by atoms with Crippen molar-refractivity contribution in [1.29, 1.82) is 0 Å². The van der Waals surface area contributed by atoms with E-state index in [0.717, 1.165) is 0 Å². The normalized spacial score (nSPS) is 15.3. The molecule has 0 heterocycles. The minimum Gasteiger partial charge on any atom is -0.298 e. The van der Waals surface area contributed by atoms with Crippen LogP contribution >= 0.6 is 0 Å². The summed E-state index contributed by atoms with van der Waals surface area (Å²) in [5.74, 6) is 0. The average molecular weight is 144 g/mol. The van der Waals surface area contributed by atoms with Gasteiger partial charge in [-0.3, -0.25) is 4.84 Å². The van der Waals surface area contributed by atoms with E-state index in [2.05, 4.69) is 33.2 Å². The molecule has 0 amide bonds. The third-order valence-corrected chi connectivity index (χ3v) is 1.58. The van der Waals surface area contributed by atoms with E-state index in [0.29, 0.717) is 6.54 Å². The van der Waals surface area contributed by atoms with E-state index in [1.165, 1.54) is 0 Å². The smallest absolute Gasteiger partial charge is 0.0810 e. The van der Waals surface area contributed by atoms with Gasteiger partial charge >= 0.3 is 0 Å². The molecule has 1 N–H and O–H groups in total. The summed E-state index contributed by atoms with van der Waals surface area (Å²) in [7, 11) is 0. The van der Waals surface area contributed by atoms with Gasteiger partial charge in [-0.05, 0) is 19.3 Å². The standard InChI is InChI=1S/C8H18NO/c1-6-9-10-7(2)8(3,4)5/h7,9H,1,6H2,2-5H3. The van der Waals surface area contributed by atoms with Gasteiger partial charge in [-0.25, -0.2) is 5.48 Å². The molecule has 1 atom stereocenters. The SMILES string of the molecule is [CH2]CNOC(C)C(C)(C)C. The van der Waals surface area contributed by atoms with Crippen molar-refractivity contribution in [3.63, 3.8) is 0 Å². The third kappa shape index (κ3) is 3.85. The van der Waals surface area contributed by atoms with Crippen LogP contribution in [0, 0.1) is 12.3 Å². The van der Waals surface area contributed by atoms with Crippen LogP contribution in [-0.2, 0) is 4.84 Å². The fourth-order valence-electron chi connectivity index (χ4n) is 0.361. The Morgan fingerprint density at radius 1 is 1.50 bits per heavy atom. The second-order valence-electron chi connectivity index (χ2n) is 3.52. The minimum atomic E-state index is 0.197. The lowest BCUT2D eigenvalue weighted by Gasteiger charge is -2.26. The van der Waals surface area contributed by atoms with Gasteiger partial charge in [0.15, 0.2) is 0 Å². The van der Waals surface area contributed by atoms with Crippen molar-refractivity contribution in [2.24, 2.45) is 5.41 Å². The van der Waals surface area contributed by atoms with Crippen molar-refractivity contribution in [2.45, 2.75) is 33.8 Å². The first-order valence-corrected chi connectivity index (χ1v) is 3.66. The molecule has 0 aromatic rings. The lowest BCUT2D eigenvalue weighted by molar-refractivity contribution is -0.0630. The van der Waals surface area contributed by atoms with Crippen LogP contribution in [0.15, 0.2) is 0 Å². The summed E-state index contributed by atoms with van der Waals surface area (Å²) in [6.45, 7) is 12.7. The number of rotatable bonds is 3. The van der Waals surface area contributed by atoms with Crippen LogP contribution in [0.1, 0.15) is 27.7 Å². The second kappa shape index (κ2) is 3.94. The summed E-state index contributed by atoms with van der Waals surface area (Å²) < 4.78 is 0. The van der Waals surface area contributed by atoms with Crippen LogP contribution in [0.3, 0.4) is 0 Å². The Balaban J connectivity index is 3.52. The zero-order valence-corrected chi connectivity index (χ0v) is 7.40. The fraction of sp³-hybridized carbons (Fsp3) is 0.875. The maximum atomic E-state index is 5.24. The molecule has 0 aliphatic rings. The van der Waals surface area contributed by atoms with Gasteiger partial charge in [0.2, 0.25) is 0 Å². The van der Waals surface area contributed by atoms with Gasteiger partial charge in [-0.2, -0.15) is 0 Å². The molecule has 10 heavy (non-hydrogen) atoms. The van der Waals surface area contributed by atoms with Gasteiger partial charge in [0.25, 0.3) is 0 Å². The molecule has 1 radical (unpaired) electrons. The highest BCUT2D eigenvalue weighted by Gasteiger charge is 2.20. The molecule has 2 nitrogen and oxygen atoms in total. The van der Waals surface area contributed by atoms with Gasteiger partial charge in [-0.15, -0.1) is 0 Å². The Morgan fingerprint density at radius 2 is 2.00 bits per heavy atom. The van der Waals surface area contributed by atoms with Crippen molar-refractivity contribution in [2.75, 3.05) is 6.54 Å². The van der Waals surface area contributed by atoms with Crippen LogP contribution < -0.4 is 5.48 Å². The maximum absolute atomic E-state index is 5.24. The Labute approximate surface area is 63.9 Å². The summed E-state index contributed by atoms with van der Waals surface area (Å²) in [4.78, 5) is 5.24. The zero-order chi connectivity index (χ0) is 8.20. The van der Waals surface area contributed by atoms with E-state index in [4.69, 9.17) is 4.84 Å². The topological polar surface area (TPSA) is 21.3 Å². The fourth-order valence-corrected chi connectivity index (χ4v) is 0.361. The van der Waals surface area contributed by atoms with Crippen molar-refractivity contribution in [3.05, 3.63) is 6.92 Å². The molecule has 1 unspecified atom stereocenters. The number of nitrogens with one attached hydrogen (secondary N) is 1. The first-order chi connectivity index (χ1) is 4.48. The van der Waals surface area contributed by atoms with Crippen LogP contribution in [0.4, 0.5) is 0 Å². The molecule has 0 fully saturated rings. The van der Waals surface area contributed by atoms with Gasteiger partial charge in [-0.1, -0.05) is 20.8 Å². The lowest BCUT2D eigenvalue weighted by Crippen LogP contribution is -2.31. The van der Waals surface area contributed by atoms with Crippen LogP contribution in [0.5, 0.6) is 0 Å². The van der Waals surface area contributed by atoms with Gasteiger partial charge < -0.3 is 0 Å². The predicted octanol–water partition coefficient (Wildman–Crippen LogP) is 1.78. The van der Waals surface area contributed by atoms with E-state index in [9.17, 15) is 0 Å². The van der Waals surface area contributed by atoms with Gasteiger partial charge in [0.05, 0.1) is 6.10 Å². The molecule has 0 aromatic heterocycles. The Bertz CT molecular complexity index is 85.7. The Morgan fingerprint density at radius 3 is 2.30 bits per heavy atom. The highest BCUT2D eigenvalue weighted by molar-refractivity contribution is 4.68. The highest BCUT2D eigenvalue weighted by Crippen LogP contribution is 2.20. The molecule has 0 saturated carbocycles. The number of hydroxylamine groups is 1. The van der Waals surface area contributed by atoms with Crippen LogP contribution in [0.2, 0.25) is 0 Å². The summed E-state index contributed by atoms with van der Waals surface area (Å²) in [6, 6.07) is 0. The van der Waals surface area contributed by atoms with E-state index in [1.54, 1.807) is 0 Å². The summed E-state index contributed by atoms with van der Waals surface area (Å²) in [6.07, 6.45) is 0.217. The van der Waals surface area contributed by atoms with Gasteiger partial charge in [0, 0.05) is 6.54 Å². The minimum absolute atomic E-state index is 0.197. The van der Waals surface area contributed by atoms with Crippen molar-refractivity contribution in [1.82, 2.24) is 5.48 Å². The molecule has 0 aliphatic heterocycles. The summed E-state index contributed by atoms with van der Waals surface area (Å²) >= 11 is 0. The molecule has 0 rings (SSSR count). The lowest BCUT2D eigenvalue weighted by atomic mass is 9.90. The molecule has 0 aliphatic carbocycles. The van der Waals surface area contributed by atoms with E-state index in [-0.39, 0.29) is 11.5 Å².